The van der Waals surface area contributed by atoms with Gasteiger partial charge in [-0.25, -0.2) is 4.68 Å². The number of benzene rings is 1. The van der Waals surface area contributed by atoms with Gasteiger partial charge in [0.25, 0.3) is 0 Å². The fourth-order valence-corrected chi connectivity index (χ4v) is 4.44. The van der Waals surface area contributed by atoms with Gasteiger partial charge >= 0.3 is 11.8 Å². The van der Waals surface area contributed by atoms with Gasteiger partial charge in [-0.15, -0.1) is 0 Å². The van der Waals surface area contributed by atoms with E-state index < -0.39 is 11.8 Å². The Bertz CT molecular complexity index is 849. The van der Waals surface area contributed by atoms with E-state index in [1.807, 2.05) is 30.3 Å². The summed E-state index contributed by atoms with van der Waals surface area (Å²) in [5.74, 6) is 0.901. The average molecular weight is 403 g/mol. The van der Waals surface area contributed by atoms with Crippen LogP contribution in [-0.2, 0) is 25.8 Å². The van der Waals surface area contributed by atoms with Gasteiger partial charge in [0.2, 0.25) is 0 Å². The number of carbonyl (C=O) groups is 2. The Morgan fingerprint density at radius 3 is 2.71 bits per heavy atom. The fraction of sp³-hybridized carbons (Fsp3) is 0.421. The van der Waals surface area contributed by atoms with E-state index in [0.717, 1.165) is 61.3 Å². The Labute approximate surface area is 167 Å². The van der Waals surface area contributed by atoms with E-state index >= 15 is 0 Å². The summed E-state index contributed by atoms with van der Waals surface area (Å²) in [5, 5.41) is 10.1. The second-order valence-electron chi connectivity index (χ2n) is 6.84. The largest absolute Gasteiger partial charge is 0.370 e. The zero-order valence-corrected chi connectivity index (χ0v) is 16.4. The SMILES string of the molecule is O=C(NCC[NH+]1CCOCC1)C(=O)Nc1c2c(nn1-c1ccccc1)CSC2. The maximum Gasteiger partial charge on any atom is 0.314 e. The highest BCUT2D eigenvalue weighted by atomic mass is 32.2. The summed E-state index contributed by atoms with van der Waals surface area (Å²) >= 11 is 1.75. The van der Waals surface area contributed by atoms with Crippen molar-refractivity contribution in [3.05, 3.63) is 41.6 Å². The molecule has 0 bridgehead atoms. The number of quaternary nitrogens is 1. The highest BCUT2D eigenvalue weighted by Crippen LogP contribution is 2.35. The lowest BCUT2D eigenvalue weighted by molar-refractivity contribution is -0.906. The highest BCUT2D eigenvalue weighted by Gasteiger charge is 2.26. The lowest BCUT2D eigenvalue weighted by Crippen LogP contribution is -3.14. The third-order valence-electron chi connectivity index (χ3n) is 4.95. The number of hydrogen-bond donors (Lipinski definition) is 3. The van der Waals surface area contributed by atoms with Crippen molar-refractivity contribution in [3.63, 3.8) is 0 Å². The number of carbonyl (C=O) groups excluding carboxylic acids is 2. The van der Waals surface area contributed by atoms with Crippen LogP contribution in [0.5, 0.6) is 0 Å². The third kappa shape index (κ3) is 4.21. The van der Waals surface area contributed by atoms with Crippen LogP contribution < -0.4 is 15.5 Å². The molecule has 0 saturated carbocycles. The second-order valence-corrected chi connectivity index (χ2v) is 7.82. The molecule has 1 fully saturated rings. The zero-order valence-electron chi connectivity index (χ0n) is 15.6. The van der Waals surface area contributed by atoms with Crippen molar-refractivity contribution in [2.45, 2.75) is 11.5 Å². The van der Waals surface area contributed by atoms with Crippen molar-refractivity contribution >= 4 is 29.4 Å². The summed E-state index contributed by atoms with van der Waals surface area (Å²) in [6, 6.07) is 9.62. The maximum atomic E-state index is 12.5. The van der Waals surface area contributed by atoms with Crippen molar-refractivity contribution in [1.29, 1.82) is 0 Å². The number of morpholine rings is 1. The molecule has 0 atom stereocenters. The normalized spacial score (nSPS) is 16.6. The number of amides is 2. The molecule has 1 aromatic carbocycles. The first-order chi connectivity index (χ1) is 13.7. The molecule has 2 amide bonds. The molecule has 4 rings (SSSR count). The molecule has 1 saturated heterocycles. The highest BCUT2D eigenvalue weighted by molar-refractivity contribution is 7.98. The maximum absolute atomic E-state index is 12.5. The molecule has 28 heavy (non-hydrogen) atoms. The molecule has 0 radical (unpaired) electrons. The van der Waals surface area contributed by atoms with E-state index in [1.165, 1.54) is 4.90 Å². The fourth-order valence-electron chi connectivity index (χ4n) is 3.40. The first kappa shape index (κ1) is 19.0. The Hall–Kier alpha value is -2.36. The smallest absolute Gasteiger partial charge is 0.314 e. The number of rotatable bonds is 5. The summed E-state index contributed by atoms with van der Waals surface area (Å²) in [6.07, 6.45) is 0. The molecule has 0 spiro atoms. The van der Waals surface area contributed by atoms with Crippen LogP contribution in [0.1, 0.15) is 11.3 Å². The molecular weight excluding hydrogens is 378 g/mol. The molecule has 9 heteroatoms. The van der Waals surface area contributed by atoms with Crippen molar-refractivity contribution in [1.82, 2.24) is 15.1 Å². The molecule has 2 aromatic rings. The Balaban J connectivity index is 1.40. The Kier molecular flexibility index (Phi) is 5.94. The summed E-state index contributed by atoms with van der Waals surface area (Å²) in [4.78, 5) is 26.1. The van der Waals surface area contributed by atoms with E-state index in [4.69, 9.17) is 4.74 Å². The van der Waals surface area contributed by atoms with E-state index in [0.29, 0.717) is 12.4 Å². The molecule has 8 nitrogen and oxygen atoms in total. The minimum absolute atomic E-state index is 0.466. The topological polar surface area (TPSA) is 89.7 Å². The Morgan fingerprint density at radius 2 is 1.93 bits per heavy atom. The first-order valence-electron chi connectivity index (χ1n) is 9.47. The molecule has 2 aliphatic heterocycles. The van der Waals surface area contributed by atoms with Crippen molar-refractivity contribution in [3.8, 4) is 5.69 Å². The van der Waals surface area contributed by atoms with Crippen molar-refractivity contribution in [2.24, 2.45) is 0 Å². The lowest BCUT2D eigenvalue weighted by atomic mass is 10.2. The van der Waals surface area contributed by atoms with E-state index in [1.54, 1.807) is 16.4 Å². The van der Waals surface area contributed by atoms with Gasteiger partial charge in [-0.1, -0.05) is 18.2 Å². The zero-order chi connectivity index (χ0) is 19.3. The van der Waals surface area contributed by atoms with Gasteiger partial charge in [-0.3, -0.25) is 9.59 Å². The van der Waals surface area contributed by atoms with E-state index in [9.17, 15) is 9.59 Å². The van der Waals surface area contributed by atoms with Gasteiger partial charge in [0, 0.05) is 17.1 Å². The van der Waals surface area contributed by atoms with Gasteiger partial charge < -0.3 is 20.3 Å². The van der Waals surface area contributed by atoms with Gasteiger partial charge in [-0.2, -0.15) is 16.9 Å². The lowest BCUT2D eigenvalue weighted by Gasteiger charge is -2.23. The van der Waals surface area contributed by atoms with E-state index in [-0.39, 0.29) is 0 Å². The molecular formula is C19H24N5O3S+. The van der Waals surface area contributed by atoms with Crippen LogP contribution in [0.3, 0.4) is 0 Å². The van der Waals surface area contributed by atoms with Crippen LogP contribution >= 0.6 is 11.8 Å². The second kappa shape index (κ2) is 8.76. The minimum atomic E-state index is -0.659. The van der Waals surface area contributed by atoms with Gasteiger partial charge in [0.05, 0.1) is 37.7 Å². The Morgan fingerprint density at radius 1 is 1.14 bits per heavy atom. The molecule has 3 N–H and O–H groups in total. The standard InChI is InChI=1S/C19H23N5O3S/c25-18(20-6-7-23-8-10-27-11-9-23)19(26)21-17-15-12-28-13-16(15)22-24(17)14-4-2-1-3-5-14/h1-5H,6-13H2,(H,20,25)(H,21,26)/p+1. The number of ether oxygens (including phenoxy) is 1. The number of anilines is 1. The monoisotopic (exact) mass is 402 g/mol. The summed E-state index contributed by atoms with van der Waals surface area (Å²) < 4.78 is 7.04. The number of nitrogens with zero attached hydrogens (tertiary/aromatic N) is 2. The van der Waals surface area contributed by atoms with Crippen molar-refractivity contribution in [2.75, 3.05) is 44.7 Å². The van der Waals surface area contributed by atoms with Crippen LogP contribution in [0, 0.1) is 0 Å². The number of thioether (sulfide) groups is 1. The quantitative estimate of drug-likeness (QED) is 0.592. The van der Waals surface area contributed by atoms with Gasteiger partial charge in [-0.05, 0) is 12.1 Å². The number of hydrogen-bond acceptors (Lipinski definition) is 5. The molecule has 2 aliphatic rings. The third-order valence-corrected chi connectivity index (χ3v) is 5.93. The number of aromatic nitrogens is 2. The molecule has 148 valence electrons. The number of para-hydroxylation sites is 1. The summed E-state index contributed by atoms with van der Waals surface area (Å²) in [7, 11) is 0. The number of nitrogens with one attached hydrogen (secondary N) is 3. The van der Waals surface area contributed by atoms with Crippen LogP contribution in [0.4, 0.5) is 5.82 Å². The first-order valence-corrected chi connectivity index (χ1v) is 10.6. The molecule has 0 unspecified atom stereocenters. The predicted molar refractivity (Wildman–Crippen MR) is 107 cm³/mol. The van der Waals surface area contributed by atoms with Crippen LogP contribution in [-0.4, -0.2) is 61.0 Å². The molecule has 0 aliphatic carbocycles. The summed E-state index contributed by atoms with van der Waals surface area (Å²) in [5.41, 5.74) is 2.81. The van der Waals surface area contributed by atoms with Crippen LogP contribution in [0.25, 0.3) is 5.69 Å². The molecule has 1 aromatic heterocycles. The number of fused-ring (bicyclic) bond motifs is 1. The van der Waals surface area contributed by atoms with Gasteiger partial charge in [0.15, 0.2) is 0 Å². The van der Waals surface area contributed by atoms with Crippen LogP contribution in [0.15, 0.2) is 30.3 Å². The van der Waals surface area contributed by atoms with Crippen molar-refractivity contribution < 1.29 is 19.2 Å². The van der Waals surface area contributed by atoms with Gasteiger partial charge in [0.1, 0.15) is 18.9 Å². The molecule has 3 heterocycles. The van der Waals surface area contributed by atoms with E-state index in [2.05, 4.69) is 15.7 Å². The van der Waals surface area contributed by atoms with Crippen LogP contribution in [0.2, 0.25) is 0 Å². The minimum Gasteiger partial charge on any atom is -0.370 e. The summed E-state index contributed by atoms with van der Waals surface area (Å²) in [6.45, 7) is 4.61. The predicted octanol–water partition coefficient (Wildman–Crippen LogP) is -0.411. The average Bonchev–Trinajstić information content (AvgIpc) is 3.32.